The maximum atomic E-state index is 12.3. The number of nitrogens with zero attached hydrogens (tertiary/aromatic N) is 3. The summed E-state index contributed by atoms with van der Waals surface area (Å²) in [6.45, 7) is 1.93. The number of hydrogen-bond donors (Lipinski definition) is 2. The molecule has 24 heavy (non-hydrogen) atoms. The van der Waals surface area contributed by atoms with E-state index in [9.17, 15) is 4.79 Å². The van der Waals surface area contributed by atoms with Crippen LogP contribution in [-0.2, 0) is 11.2 Å². The van der Waals surface area contributed by atoms with Gasteiger partial charge in [-0.25, -0.2) is 9.97 Å². The monoisotopic (exact) mass is 343 g/mol. The van der Waals surface area contributed by atoms with Gasteiger partial charge >= 0.3 is 0 Å². The molecule has 3 aromatic rings. The molecule has 0 radical (unpaired) electrons. The summed E-state index contributed by atoms with van der Waals surface area (Å²) in [5.41, 5.74) is 1.64. The molecule has 0 aliphatic carbocycles. The van der Waals surface area contributed by atoms with E-state index in [1.807, 2.05) is 36.6 Å². The highest BCUT2D eigenvalue weighted by Crippen LogP contribution is 2.24. The summed E-state index contributed by atoms with van der Waals surface area (Å²) in [5.74, 6) is 1.27. The molecule has 0 aliphatic heterocycles. The maximum Gasteiger partial charge on any atom is 0.226 e. The molecule has 0 saturated carbocycles. The lowest BCUT2D eigenvalue weighted by atomic mass is 10.1. The van der Waals surface area contributed by atoms with E-state index in [-0.39, 0.29) is 18.4 Å². The molecule has 1 atom stereocenters. The second-order valence-electron chi connectivity index (χ2n) is 5.19. The molecule has 2 N–H and O–H groups in total. The standard InChI is InChI=1S/C16H17N5O2S/c1-10(12-5-3-4-6-13(12)23-2)19-14(22)7-11-8-24-16(20-11)15-17-9-18-21-15/h3-6,8-10H,7H2,1-2H3,(H,19,22)(H,17,18,21)/t10-/m1/s1. The van der Waals surface area contributed by atoms with E-state index < -0.39 is 0 Å². The van der Waals surface area contributed by atoms with Crippen LogP contribution in [0.4, 0.5) is 0 Å². The van der Waals surface area contributed by atoms with E-state index in [0.717, 1.165) is 11.3 Å². The summed E-state index contributed by atoms with van der Waals surface area (Å²) in [4.78, 5) is 20.7. The summed E-state index contributed by atoms with van der Waals surface area (Å²) in [5, 5.41) is 12.1. The van der Waals surface area contributed by atoms with Gasteiger partial charge < -0.3 is 10.1 Å². The molecule has 7 nitrogen and oxygen atoms in total. The van der Waals surface area contributed by atoms with E-state index in [0.29, 0.717) is 16.5 Å². The van der Waals surface area contributed by atoms with Crippen LogP contribution in [0.3, 0.4) is 0 Å². The molecule has 0 bridgehead atoms. The number of amides is 1. The second kappa shape index (κ2) is 7.22. The van der Waals surface area contributed by atoms with Gasteiger partial charge in [-0.2, -0.15) is 5.10 Å². The van der Waals surface area contributed by atoms with Gasteiger partial charge in [0.05, 0.1) is 25.3 Å². The van der Waals surface area contributed by atoms with Gasteiger partial charge in [-0.15, -0.1) is 11.3 Å². The lowest BCUT2D eigenvalue weighted by Crippen LogP contribution is -2.28. The minimum atomic E-state index is -0.152. The molecule has 124 valence electrons. The van der Waals surface area contributed by atoms with Crippen molar-refractivity contribution in [3.05, 3.63) is 47.2 Å². The quantitative estimate of drug-likeness (QED) is 0.717. The number of benzene rings is 1. The second-order valence-corrected chi connectivity index (χ2v) is 6.04. The minimum Gasteiger partial charge on any atom is -0.496 e. The Labute approximate surface area is 143 Å². The molecule has 0 spiro atoms. The Morgan fingerprint density at radius 3 is 3.00 bits per heavy atom. The van der Waals surface area contributed by atoms with Gasteiger partial charge in [0.2, 0.25) is 5.91 Å². The first-order valence-electron chi connectivity index (χ1n) is 7.39. The van der Waals surface area contributed by atoms with Gasteiger partial charge in [-0.05, 0) is 13.0 Å². The summed E-state index contributed by atoms with van der Waals surface area (Å²) in [6.07, 6.45) is 1.64. The van der Waals surface area contributed by atoms with Crippen LogP contribution in [0.15, 0.2) is 36.0 Å². The Morgan fingerprint density at radius 1 is 1.42 bits per heavy atom. The molecule has 0 fully saturated rings. The molecular formula is C16H17N5O2S. The lowest BCUT2D eigenvalue weighted by Gasteiger charge is -2.16. The number of thiazole rings is 1. The van der Waals surface area contributed by atoms with Crippen molar-refractivity contribution in [2.45, 2.75) is 19.4 Å². The summed E-state index contributed by atoms with van der Waals surface area (Å²) < 4.78 is 5.33. The van der Waals surface area contributed by atoms with E-state index in [1.54, 1.807) is 7.11 Å². The molecule has 1 aromatic carbocycles. The number of methoxy groups -OCH3 is 1. The first kappa shape index (κ1) is 16.1. The molecule has 0 aliphatic rings. The first-order chi connectivity index (χ1) is 11.7. The van der Waals surface area contributed by atoms with Crippen molar-refractivity contribution in [1.82, 2.24) is 25.5 Å². The van der Waals surface area contributed by atoms with Gasteiger partial charge in [0.1, 0.15) is 12.1 Å². The van der Waals surface area contributed by atoms with Crippen molar-refractivity contribution >= 4 is 17.2 Å². The predicted octanol–water partition coefficient (Wildman–Crippen LogP) is 2.36. The predicted molar refractivity (Wildman–Crippen MR) is 90.7 cm³/mol. The number of H-pyrrole nitrogens is 1. The third-order valence-corrected chi connectivity index (χ3v) is 4.39. The fraction of sp³-hybridized carbons (Fsp3) is 0.250. The smallest absolute Gasteiger partial charge is 0.226 e. The van der Waals surface area contributed by atoms with Crippen molar-refractivity contribution in [3.8, 4) is 16.6 Å². The average molecular weight is 343 g/mol. The topological polar surface area (TPSA) is 92.8 Å². The number of rotatable bonds is 6. The van der Waals surface area contributed by atoms with E-state index in [1.165, 1.54) is 17.7 Å². The Bertz CT molecular complexity index is 816. The third kappa shape index (κ3) is 3.60. The van der Waals surface area contributed by atoms with E-state index >= 15 is 0 Å². The third-order valence-electron chi connectivity index (χ3n) is 3.49. The van der Waals surface area contributed by atoms with Gasteiger partial charge in [0, 0.05) is 10.9 Å². The fourth-order valence-electron chi connectivity index (χ4n) is 2.36. The van der Waals surface area contributed by atoms with Crippen LogP contribution in [0.2, 0.25) is 0 Å². The fourth-order valence-corrected chi connectivity index (χ4v) is 3.13. The highest BCUT2D eigenvalue weighted by Gasteiger charge is 2.15. The van der Waals surface area contributed by atoms with E-state index in [4.69, 9.17) is 4.74 Å². The van der Waals surface area contributed by atoms with Crippen LogP contribution in [-0.4, -0.2) is 33.2 Å². The Morgan fingerprint density at radius 2 is 2.25 bits per heavy atom. The average Bonchev–Trinajstić information content (AvgIpc) is 3.25. The van der Waals surface area contributed by atoms with Crippen molar-refractivity contribution in [3.63, 3.8) is 0 Å². The van der Waals surface area contributed by atoms with Crippen LogP contribution < -0.4 is 10.1 Å². The number of ether oxygens (including phenoxy) is 1. The highest BCUT2D eigenvalue weighted by atomic mass is 32.1. The van der Waals surface area contributed by atoms with Crippen molar-refractivity contribution < 1.29 is 9.53 Å². The number of para-hydroxylation sites is 1. The number of hydrogen-bond acceptors (Lipinski definition) is 6. The van der Waals surface area contributed by atoms with Crippen molar-refractivity contribution in [1.29, 1.82) is 0 Å². The minimum absolute atomic E-state index is 0.0946. The number of carbonyl (C=O) groups excluding carboxylic acids is 1. The largest absolute Gasteiger partial charge is 0.496 e. The van der Waals surface area contributed by atoms with Gasteiger partial charge in [0.25, 0.3) is 0 Å². The van der Waals surface area contributed by atoms with Gasteiger partial charge in [-0.3, -0.25) is 9.89 Å². The summed E-state index contributed by atoms with van der Waals surface area (Å²) >= 11 is 1.43. The molecule has 1 amide bonds. The molecular weight excluding hydrogens is 326 g/mol. The zero-order chi connectivity index (χ0) is 16.9. The first-order valence-corrected chi connectivity index (χ1v) is 8.27. The van der Waals surface area contributed by atoms with Crippen LogP contribution in [0.1, 0.15) is 24.2 Å². The summed E-state index contributed by atoms with van der Waals surface area (Å²) in [7, 11) is 1.62. The molecule has 2 heterocycles. The number of carbonyl (C=O) groups is 1. The van der Waals surface area contributed by atoms with Crippen molar-refractivity contribution in [2.24, 2.45) is 0 Å². The van der Waals surface area contributed by atoms with Crippen LogP contribution in [0.25, 0.3) is 10.8 Å². The van der Waals surface area contributed by atoms with Gasteiger partial charge in [-0.1, -0.05) is 18.2 Å². The van der Waals surface area contributed by atoms with Crippen LogP contribution in [0.5, 0.6) is 5.75 Å². The molecule has 2 aromatic heterocycles. The molecule has 0 unspecified atom stereocenters. The normalized spacial score (nSPS) is 11.9. The maximum absolute atomic E-state index is 12.3. The molecule has 0 saturated heterocycles. The summed E-state index contributed by atoms with van der Waals surface area (Å²) in [6, 6.07) is 7.49. The van der Waals surface area contributed by atoms with Gasteiger partial charge in [0.15, 0.2) is 10.8 Å². The molecule has 3 rings (SSSR count). The van der Waals surface area contributed by atoms with Crippen LogP contribution in [0, 0.1) is 0 Å². The zero-order valence-corrected chi connectivity index (χ0v) is 14.1. The number of aromatic amines is 1. The highest BCUT2D eigenvalue weighted by molar-refractivity contribution is 7.13. The Balaban J connectivity index is 1.63. The lowest BCUT2D eigenvalue weighted by molar-refractivity contribution is -0.121. The zero-order valence-electron chi connectivity index (χ0n) is 13.3. The van der Waals surface area contributed by atoms with Crippen LogP contribution >= 0.6 is 11.3 Å². The number of aromatic nitrogens is 4. The SMILES string of the molecule is COc1ccccc1[C@@H](C)NC(=O)Cc1csc(-c2ncn[nH]2)n1. The van der Waals surface area contributed by atoms with E-state index in [2.05, 4.69) is 25.5 Å². The molecule has 8 heteroatoms. The Kier molecular flexibility index (Phi) is 4.85. The number of nitrogens with one attached hydrogen (secondary N) is 2. The Hall–Kier alpha value is -2.74. The van der Waals surface area contributed by atoms with Crippen molar-refractivity contribution in [2.75, 3.05) is 7.11 Å².